The lowest BCUT2D eigenvalue weighted by atomic mass is 9.78. The standard InChI is InChI=1S/C15H22N2O6/c1-3-22-13(20)15(14(21)23-4-2,7-5-9-16-11-18)8-6-10-17-12-19/h3-10H2,1-2H3. The van der Waals surface area contributed by atoms with Crippen LogP contribution in [0.3, 0.4) is 0 Å². The van der Waals surface area contributed by atoms with Gasteiger partial charge < -0.3 is 9.47 Å². The highest BCUT2D eigenvalue weighted by molar-refractivity contribution is 6.00. The molecule has 0 amide bonds. The van der Waals surface area contributed by atoms with Gasteiger partial charge in [0.05, 0.1) is 26.3 Å². The first-order valence-corrected chi connectivity index (χ1v) is 7.50. The minimum Gasteiger partial charge on any atom is -0.465 e. The zero-order valence-electron chi connectivity index (χ0n) is 13.5. The summed E-state index contributed by atoms with van der Waals surface area (Å²) in [6, 6.07) is 0. The van der Waals surface area contributed by atoms with Gasteiger partial charge in [0.25, 0.3) is 0 Å². The van der Waals surface area contributed by atoms with Crippen LogP contribution in [0.15, 0.2) is 9.98 Å². The number of nitrogens with zero attached hydrogens (tertiary/aromatic N) is 2. The van der Waals surface area contributed by atoms with E-state index in [2.05, 4.69) is 9.98 Å². The van der Waals surface area contributed by atoms with Crippen LogP contribution < -0.4 is 0 Å². The van der Waals surface area contributed by atoms with Gasteiger partial charge in [0, 0.05) is 0 Å². The fraction of sp³-hybridized carbons (Fsp3) is 0.733. The van der Waals surface area contributed by atoms with Crippen LogP contribution >= 0.6 is 0 Å². The van der Waals surface area contributed by atoms with Gasteiger partial charge in [-0.3, -0.25) is 9.59 Å². The summed E-state index contributed by atoms with van der Waals surface area (Å²) in [5, 5.41) is 0. The van der Waals surface area contributed by atoms with Crippen molar-refractivity contribution in [2.45, 2.75) is 39.5 Å². The van der Waals surface area contributed by atoms with Crippen molar-refractivity contribution in [1.29, 1.82) is 0 Å². The summed E-state index contributed by atoms with van der Waals surface area (Å²) in [7, 11) is 0. The minimum absolute atomic E-state index is 0.124. The van der Waals surface area contributed by atoms with Crippen LogP contribution in [0.25, 0.3) is 0 Å². The SMILES string of the molecule is CCOC(=O)C(CCCN=C=O)(CCCN=C=O)C(=O)OCC. The maximum atomic E-state index is 12.4. The summed E-state index contributed by atoms with van der Waals surface area (Å²) in [5.41, 5.74) is -1.48. The molecule has 0 aliphatic heterocycles. The summed E-state index contributed by atoms with van der Waals surface area (Å²) < 4.78 is 10.1. The van der Waals surface area contributed by atoms with Crippen LogP contribution in [0.5, 0.6) is 0 Å². The minimum atomic E-state index is -1.48. The highest BCUT2D eigenvalue weighted by Gasteiger charge is 2.47. The molecule has 0 N–H and O–H groups in total. The Morgan fingerprint density at radius 3 is 1.57 bits per heavy atom. The van der Waals surface area contributed by atoms with Gasteiger partial charge in [0.2, 0.25) is 12.2 Å². The molecule has 0 bridgehead atoms. The normalized spacial score (nSPS) is 10.2. The van der Waals surface area contributed by atoms with Crippen molar-refractivity contribution in [3.63, 3.8) is 0 Å². The highest BCUT2D eigenvalue weighted by atomic mass is 16.6. The first-order chi connectivity index (χ1) is 11.1. The molecule has 8 nitrogen and oxygen atoms in total. The molecule has 0 aliphatic carbocycles. The van der Waals surface area contributed by atoms with Crippen LogP contribution in [-0.4, -0.2) is 50.4 Å². The molecule has 0 fully saturated rings. The van der Waals surface area contributed by atoms with Gasteiger partial charge in [-0.25, -0.2) is 19.6 Å². The number of hydrogen-bond donors (Lipinski definition) is 0. The van der Waals surface area contributed by atoms with E-state index in [4.69, 9.17) is 9.47 Å². The number of esters is 2. The summed E-state index contributed by atoms with van der Waals surface area (Å²) in [6.07, 6.45) is 3.71. The molecule has 0 heterocycles. The van der Waals surface area contributed by atoms with E-state index in [1.165, 1.54) is 12.2 Å². The first kappa shape index (κ1) is 20.7. The summed E-state index contributed by atoms with van der Waals surface area (Å²) >= 11 is 0. The second-order valence-corrected chi connectivity index (χ2v) is 4.68. The second-order valence-electron chi connectivity index (χ2n) is 4.68. The molecule has 0 unspecified atom stereocenters. The van der Waals surface area contributed by atoms with Gasteiger partial charge in [-0.2, -0.15) is 0 Å². The largest absolute Gasteiger partial charge is 0.465 e. The van der Waals surface area contributed by atoms with Crippen molar-refractivity contribution in [3.8, 4) is 0 Å². The number of hydrogen-bond acceptors (Lipinski definition) is 8. The number of isocyanates is 2. The molecule has 23 heavy (non-hydrogen) atoms. The average Bonchev–Trinajstić information content (AvgIpc) is 2.54. The van der Waals surface area contributed by atoms with E-state index >= 15 is 0 Å². The van der Waals surface area contributed by atoms with E-state index in [1.807, 2.05) is 0 Å². The fourth-order valence-electron chi connectivity index (χ4n) is 2.17. The Labute approximate surface area is 135 Å². The summed E-state index contributed by atoms with van der Waals surface area (Å²) in [5.74, 6) is -1.35. The quantitative estimate of drug-likeness (QED) is 0.176. The zero-order chi connectivity index (χ0) is 17.6. The van der Waals surface area contributed by atoms with Crippen molar-refractivity contribution >= 4 is 24.1 Å². The van der Waals surface area contributed by atoms with Crippen LogP contribution in [0.4, 0.5) is 0 Å². The summed E-state index contributed by atoms with van der Waals surface area (Å²) in [4.78, 5) is 51.8. The lowest BCUT2D eigenvalue weighted by Gasteiger charge is -2.28. The van der Waals surface area contributed by atoms with E-state index in [0.29, 0.717) is 12.8 Å². The lowest BCUT2D eigenvalue weighted by molar-refractivity contribution is -0.173. The Hall–Kier alpha value is -2.30. The van der Waals surface area contributed by atoms with E-state index in [9.17, 15) is 19.2 Å². The molecular formula is C15H22N2O6. The molecule has 128 valence electrons. The van der Waals surface area contributed by atoms with Gasteiger partial charge in [-0.15, -0.1) is 0 Å². The van der Waals surface area contributed by atoms with Crippen LogP contribution in [0, 0.1) is 5.41 Å². The van der Waals surface area contributed by atoms with E-state index < -0.39 is 17.4 Å². The molecule has 8 heteroatoms. The average molecular weight is 326 g/mol. The number of aliphatic imine (C=N–C) groups is 2. The van der Waals surface area contributed by atoms with Crippen LogP contribution in [-0.2, 0) is 28.7 Å². The molecular weight excluding hydrogens is 304 g/mol. The molecule has 0 aromatic carbocycles. The maximum absolute atomic E-state index is 12.4. The Morgan fingerprint density at radius 1 is 0.870 bits per heavy atom. The van der Waals surface area contributed by atoms with Gasteiger partial charge in [-0.1, -0.05) is 0 Å². The number of carbonyl (C=O) groups is 2. The molecule has 0 saturated carbocycles. The van der Waals surface area contributed by atoms with Crippen molar-refractivity contribution in [3.05, 3.63) is 0 Å². The predicted molar refractivity (Wildman–Crippen MR) is 80.1 cm³/mol. The third kappa shape index (κ3) is 7.00. The van der Waals surface area contributed by atoms with Gasteiger partial charge in [-0.05, 0) is 39.5 Å². The predicted octanol–water partition coefficient (Wildman–Crippen LogP) is 1.33. The van der Waals surface area contributed by atoms with Gasteiger partial charge in [0.15, 0.2) is 5.41 Å². The summed E-state index contributed by atoms with van der Waals surface area (Å²) in [6.45, 7) is 3.83. The molecule has 0 aromatic heterocycles. The lowest BCUT2D eigenvalue weighted by Crippen LogP contribution is -2.42. The topological polar surface area (TPSA) is 111 Å². The van der Waals surface area contributed by atoms with Crippen molar-refractivity contribution in [1.82, 2.24) is 0 Å². The smallest absolute Gasteiger partial charge is 0.323 e. The molecule has 0 aromatic rings. The number of carbonyl (C=O) groups excluding carboxylic acids is 4. The molecule has 0 rings (SSSR count). The Morgan fingerprint density at radius 2 is 1.26 bits per heavy atom. The highest BCUT2D eigenvalue weighted by Crippen LogP contribution is 2.33. The van der Waals surface area contributed by atoms with E-state index in [0.717, 1.165) is 0 Å². The zero-order valence-corrected chi connectivity index (χ0v) is 13.5. The Kier molecular flexibility index (Phi) is 11.0. The Bertz CT molecular complexity index is 434. The molecule has 0 aliphatic rings. The number of rotatable bonds is 12. The molecule has 0 spiro atoms. The maximum Gasteiger partial charge on any atom is 0.323 e. The third-order valence-electron chi connectivity index (χ3n) is 3.21. The monoisotopic (exact) mass is 326 g/mol. The van der Waals surface area contributed by atoms with Crippen molar-refractivity contribution in [2.24, 2.45) is 15.4 Å². The van der Waals surface area contributed by atoms with Crippen molar-refractivity contribution in [2.75, 3.05) is 26.3 Å². The van der Waals surface area contributed by atoms with Gasteiger partial charge >= 0.3 is 11.9 Å². The number of ether oxygens (including phenoxy) is 2. The van der Waals surface area contributed by atoms with Crippen LogP contribution in [0.2, 0.25) is 0 Å². The molecule has 0 saturated heterocycles. The van der Waals surface area contributed by atoms with E-state index in [1.54, 1.807) is 13.8 Å². The second kappa shape index (κ2) is 12.3. The fourth-order valence-corrected chi connectivity index (χ4v) is 2.17. The third-order valence-corrected chi connectivity index (χ3v) is 3.21. The molecule has 0 atom stereocenters. The van der Waals surface area contributed by atoms with E-state index in [-0.39, 0.29) is 39.1 Å². The van der Waals surface area contributed by atoms with Gasteiger partial charge in [0.1, 0.15) is 0 Å². The van der Waals surface area contributed by atoms with Crippen molar-refractivity contribution < 1.29 is 28.7 Å². The Balaban J connectivity index is 5.30. The first-order valence-electron chi connectivity index (χ1n) is 7.50. The molecule has 0 radical (unpaired) electrons. The van der Waals surface area contributed by atoms with Crippen LogP contribution in [0.1, 0.15) is 39.5 Å².